The number of rotatable bonds is 6. The molecule has 2 aromatic rings. The summed E-state index contributed by atoms with van der Waals surface area (Å²) in [5.41, 5.74) is 1.44. The third-order valence-electron chi connectivity index (χ3n) is 2.76. The van der Waals surface area contributed by atoms with E-state index in [1.807, 2.05) is 49.3 Å². The van der Waals surface area contributed by atoms with E-state index in [-0.39, 0.29) is 11.7 Å². The maximum absolute atomic E-state index is 11.7. The highest BCUT2D eigenvalue weighted by atomic mass is 16.5. The van der Waals surface area contributed by atoms with Gasteiger partial charge in [0.05, 0.1) is 6.54 Å². The monoisotopic (exact) mass is 274 g/mol. The van der Waals surface area contributed by atoms with Gasteiger partial charge in [0, 0.05) is 0 Å². The lowest BCUT2D eigenvalue weighted by molar-refractivity contribution is 0.101. The smallest absolute Gasteiger partial charge is 0.265 e. The van der Waals surface area contributed by atoms with Crippen molar-refractivity contribution in [3.8, 4) is 5.88 Å². The molecule has 0 radical (unpaired) electrons. The molecule has 0 unspecified atom stereocenters. The maximum Gasteiger partial charge on any atom is 0.265 e. The Labute approximate surface area is 118 Å². The van der Waals surface area contributed by atoms with Gasteiger partial charge in [0.25, 0.3) is 5.88 Å². The number of ether oxygens (including phenoxy) is 1. The van der Waals surface area contributed by atoms with Gasteiger partial charge in [-0.05, 0) is 31.7 Å². The normalized spacial score (nSPS) is 10.8. The fourth-order valence-corrected chi connectivity index (χ4v) is 1.87. The maximum atomic E-state index is 11.7. The second-order valence-corrected chi connectivity index (χ2v) is 4.85. The highest BCUT2D eigenvalue weighted by Gasteiger charge is 2.21. The Morgan fingerprint density at radius 1 is 1.30 bits per heavy atom. The van der Waals surface area contributed by atoms with Gasteiger partial charge in [0.1, 0.15) is 12.2 Å². The minimum Gasteiger partial charge on any atom is -0.470 e. The average Bonchev–Trinajstić information content (AvgIpc) is 2.79. The van der Waals surface area contributed by atoms with Crippen LogP contribution in [0.4, 0.5) is 0 Å². The average molecular weight is 274 g/mol. The van der Waals surface area contributed by atoms with Crippen LogP contribution in [0.2, 0.25) is 0 Å². The lowest BCUT2D eigenvalue weighted by atomic mass is 10.1. The minimum absolute atomic E-state index is 0.105. The number of ketones is 1. The third-order valence-corrected chi connectivity index (χ3v) is 2.76. The summed E-state index contributed by atoms with van der Waals surface area (Å²) >= 11 is 0. The largest absolute Gasteiger partial charge is 0.470 e. The van der Waals surface area contributed by atoms with Crippen molar-refractivity contribution in [3.63, 3.8) is 0 Å². The molecule has 0 saturated heterocycles. The van der Waals surface area contributed by atoms with Crippen LogP contribution >= 0.6 is 0 Å². The van der Waals surface area contributed by atoms with Crippen LogP contribution in [0.15, 0.2) is 34.9 Å². The molecule has 0 bridgehead atoms. The van der Waals surface area contributed by atoms with Crippen molar-refractivity contribution in [2.24, 2.45) is 0 Å². The predicted molar refractivity (Wildman–Crippen MR) is 74.7 cm³/mol. The van der Waals surface area contributed by atoms with Crippen LogP contribution in [0.5, 0.6) is 5.88 Å². The first-order chi connectivity index (χ1) is 9.58. The Morgan fingerprint density at radius 2 is 2.00 bits per heavy atom. The van der Waals surface area contributed by atoms with Crippen LogP contribution in [0.3, 0.4) is 0 Å². The summed E-state index contributed by atoms with van der Waals surface area (Å²) in [4.78, 5) is 13.7. The molecule has 0 amide bonds. The first-order valence-electron chi connectivity index (χ1n) is 6.39. The van der Waals surface area contributed by atoms with Gasteiger partial charge in [-0.15, -0.1) is 0 Å². The van der Waals surface area contributed by atoms with Crippen molar-refractivity contribution < 1.29 is 14.1 Å². The minimum atomic E-state index is -0.105. The molecule has 0 atom stereocenters. The number of nitrogens with zero attached hydrogens (tertiary/aromatic N) is 2. The molecule has 1 aromatic carbocycles. The van der Waals surface area contributed by atoms with Crippen LogP contribution in [-0.2, 0) is 13.2 Å². The molecule has 1 heterocycles. The van der Waals surface area contributed by atoms with Crippen LogP contribution in [0.25, 0.3) is 0 Å². The number of carbonyl (C=O) groups excluding carboxylic acids is 1. The van der Waals surface area contributed by atoms with E-state index in [0.717, 1.165) is 5.56 Å². The molecule has 0 aliphatic rings. The second-order valence-electron chi connectivity index (χ2n) is 4.85. The number of Topliss-reactive ketones (excluding diaryl/α,β-unsaturated/α-hetero) is 1. The van der Waals surface area contributed by atoms with Crippen LogP contribution in [-0.4, -0.2) is 29.9 Å². The lowest BCUT2D eigenvalue weighted by Gasteiger charge is -2.07. The van der Waals surface area contributed by atoms with Crippen LogP contribution < -0.4 is 4.74 Å². The van der Waals surface area contributed by atoms with E-state index in [1.54, 1.807) is 0 Å². The molecule has 0 N–H and O–H groups in total. The molecule has 0 saturated carbocycles. The Bertz CT molecular complexity index is 576. The van der Waals surface area contributed by atoms with Gasteiger partial charge in [-0.25, -0.2) is 0 Å². The highest BCUT2D eigenvalue weighted by Crippen LogP contribution is 2.24. The predicted octanol–water partition coefficient (Wildman–Crippen LogP) is 2.52. The Balaban J connectivity index is 2.15. The fourth-order valence-electron chi connectivity index (χ4n) is 1.87. The highest BCUT2D eigenvalue weighted by molar-refractivity contribution is 5.97. The Morgan fingerprint density at radius 3 is 2.60 bits per heavy atom. The molecule has 0 aliphatic carbocycles. The van der Waals surface area contributed by atoms with Gasteiger partial charge in [0.15, 0.2) is 11.5 Å². The lowest BCUT2D eigenvalue weighted by Crippen LogP contribution is -2.12. The van der Waals surface area contributed by atoms with Crippen molar-refractivity contribution in [3.05, 3.63) is 47.2 Å². The van der Waals surface area contributed by atoms with E-state index >= 15 is 0 Å². The first kappa shape index (κ1) is 14.3. The topological polar surface area (TPSA) is 55.6 Å². The number of benzene rings is 1. The number of hydrogen-bond acceptors (Lipinski definition) is 5. The van der Waals surface area contributed by atoms with E-state index in [0.29, 0.717) is 24.5 Å². The zero-order chi connectivity index (χ0) is 14.5. The quantitative estimate of drug-likeness (QED) is 0.758. The molecule has 5 heteroatoms. The van der Waals surface area contributed by atoms with Gasteiger partial charge in [0.2, 0.25) is 0 Å². The molecule has 106 valence electrons. The summed E-state index contributed by atoms with van der Waals surface area (Å²) in [6.45, 7) is 2.35. The molecular formula is C15H18N2O3. The van der Waals surface area contributed by atoms with E-state index in [4.69, 9.17) is 9.26 Å². The SMILES string of the molecule is CC(=O)c1c(OCc2ccccc2)noc1CN(C)C. The first-order valence-corrected chi connectivity index (χ1v) is 6.39. The molecule has 1 aromatic heterocycles. The second kappa shape index (κ2) is 6.34. The van der Waals surface area contributed by atoms with E-state index in [2.05, 4.69) is 5.16 Å². The summed E-state index contributed by atoms with van der Waals surface area (Å²) in [5.74, 6) is 0.690. The van der Waals surface area contributed by atoms with Gasteiger partial charge >= 0.3 is 0 Å². The number of aromatic nitrogens is 1. The number of carbonyl (C=O) groups is 1. The number of hydrogen-bond donors (Lipinski definition) is 0. The van der Waals surface area contributed by atoms with Gasteiger partial charge < -0.3 is 14.2 Å². The van der Waals surface area contributed by atoms with Crippen molar-refractivity contribution in [2.45, 2.75) is 20.1 Å². The van der Waals surface area contributed by atoms with E-state index < -0.39 is 0 Å². The van der Waals surface area contributed by atoms with Crippen molar-refractivity contribution in [1.29, 1.82) is 0 Å². The van der Waals surface area contributed by atoms with Crippen molar-refractivity contribution >= 4 is 5.78 Å². The molecule has 2 rings (SSSR count). The molecule has 0 aliphatic heterocycles. The zero-order valence-electron chi connectivity index (χ0n) is 11.9. The molecular weight excluding hydrogens is 256 g/mol. The summed E-state index contributed by atoms with van der Waals surface area (Å²) < 4.78 is 10.8. The van der Waals surface area contributed by atoms with Crippen LogP contribution in [0.1, 0.15) is 28.6 Å². The van der Waals surface area contributed by atoms with Crippen molar-refractivity contribution in [1.82, 2.24) is 10.1 Å². The summed E-state index contributed by atoms with van der Waals surface area (Å²) in [5, 5.41) is 3.86. The Kier molecular flexibility index (Phi) is 4.53. The van der Waals surface area contributed by atoms with Crippen molar-refractivity contribution in [2.75, 3.05) is 14.1 Å². The zero-order valence-corrected chi connectivity index (χ0v) is 11.9. The molecule has 20 heavy (non-hydrogen) atoms. The molecule has 5 nitrogen and oxygen atoms in total. The van der Waals surface area contributed by atoms with Gasteiger partial charge in [-0.2, -0.15) is 0 Å². The fraction of sp³-hybridized carbons (Fsp3) is 0.333. The summed E-state index contributed by atoms with van der Waals surface area (Å²) in [6, 6.07) is 9.72. The third kappa shape index (κ3) is 3.45. The summed E-state index contributed by atoms with van der Waals surface area (Å²) in [7, 11) is 3.80. The standard InChI is InChI=1S/C15H18N2O3/c1-11(18)14-13(9-17(2)3)20-16-15(14)19-10-12-7-5-4-6-8-12/h4-8H,9-10H2,1-3H3. The van der Waals surface area contributed by atoms with Gasteiger partial charge in [-0.1, -0.05) is 30.3 Å². The molecule has 0 spiro atoms. The summed E-state index contributed by atoms with van der Waals surface area (Å²) in [6.07, 6.45) is 0. The van der Waals surface area contributed by atoms with Crippen LogP contribution in [0, 0.1) is 0 Å². The van der Waals surface area contributed by atoms with E-state index in [1.165, 1.54) is 6.92 Å². The van der Waals surface area contributed by atoms with E-state index in [9.17, 15) is 4.79 Å². The Hall–Kier alpha value is -2.14. The van der Waals surface area contributed by atoms with Gasteiger partial charge in [-0.3, -0.25) is 4.79 Å². The molecule has 0 fully saturated rings.